The normalized spacial score (nSPS) is 10.6. The first-order valence-corrected chi connectivity index (χ1v) is 6.30. The van der Waals surface area contributed by atoms with Crippen molar-refractivity contribution in [3.8, 4) is 0 Å². The molecule has 2 rings (SSSR count). The van der Waals surface area contributed by atoms with Crippen molar-refractivity contribution < 1.29 is 9.53 Å². The molecule has 4 nitrogen and oxygen atoms in total. The minimum absolute atomic E-state index is 0.179. The van der Waals surface area contributed by atoms with Gasteiger partial charge in [0.15, 0.2) is 0 Å². The van der Waals surface area contributed by atoms with Crippen LogP contribution in [0.3, 0.4) is 0 Å². The van der Waals surface area contributed by atoms with Crippen molar-refractivity contribution in [3.05, 3.63) is 34.9 Å². The molecule has 0 saturated carbocycles. The second kappa shape index (κ2) is 4.78. The number of aryl methyl sites for hydroxylation is 2. The maximum absolute atomic E-state index is 11.8. The topological polar surface area (TPSA) is 65.2 Å². The Morgan fingerprint density at radius 2 is 2.33 bits per heavy atom. The maximum Gasteiger partial charge on any atom is 0.350 e. The summed E-state index contributed by atoms with van der Waals surface area (Å²) in [5, 5.41) is 0.844. The van der Waals surface area contributed by atoms with Gasteiger partial charge in [0.2, 0.25) is 0 Å². The molecule has 2 aromatic heterocycles. The van der Waals surface area contributed by atoms with Gasteiger partial charge in [-0.05, 0) is 25.5 Å². The van der Waals surface area contributed by atoms with Crippen LogP contribution in [0.5, 0.6) is 0 Å². The highest BCUT2D eigenvalue weighted by Crippen LogP contribution is 2.35. The molecule has 2 aromatic rings. The summed E-state index contributed by atoms with van der Waals surface area (Å²) in [6.07, 6.45) is 1.52. The molecule has 0 atom stereocenters. The van der Waals surface area contributed by atoms with E-state index in [-0.39, 0.29) is 6.61 Å². The number of thiophene rings is 1. The van der Waals surface area contributed by atoms with E-state index < -0.39 is 5.97 Å². The van der Waals surface area contributed by atoms with E-state index in [9.17, 15) is 4.79 Å². The summed E-state index contributed by atoms with van der Waals surface area (Å²) in [7, 11) is 0. The lowest BCUT2D eigenvalue weighted by Crippen LogP contribution is -2.05. The molecule has 0 unspecified atom stereocenters. The average molecular weight is 262 g/mol. The highest BCUT2D eigenvalue weighted by molar-refractivity contribution is 7.21. The van der Waals surface area contributed by atoms with Crippen LogP contribution in [0.2, 0.25) is 0 Å². The van der Waals surface area contributed by atoms with Crippen molar-refractivity contribution in [1.82, 2.24) is 4.98 Å². The Bertz CT molecular complexity index is 631. The van der Waals surface area contributed by atoms with Crippen molar-refractivity contribution >= 4 is 33.2 Å². The van der Waals surface area contributed by atoms with E-state index in [1.54, 1.807) is 0 Å². The molecule has 94 valence electrons. The molecular weight excluding hydrogens is 248 g/mol. The number of rotatable bonds is 3. The third-order valence-corrected chi connectivity index (χ3v) is 3.62. The average Bonchev–Trinajstić information content (AvgIpc) is 2.63. The lowest BCUT2D eigenvalue weighted by molar-refractivity contribution is 0.0556. The maximum atomic E-state index is 11.8. The van der Waals surface area contributed by atoms with Gasteiger partial charge in [0.05, 0.1) is 5.69 Å². The molecule has 2 heterocycles. The first-order valence-electron chi connectivity index (χ1n) is 5.48. The van der Waals surface area contributed by atoms with E-state index in [1.165, 1.54) is 17.4 Å². The monoisotopic (exact) mass is 262 g/mol. The van der Waals surface area contributed by atoms with Gasteiger partial charge in [-0.3, -0.25) is 0 Å². The van der Waals surface area contributed by atoms with Gasteiger partial charge < -0.3 is 10.5 Å². The van der Waals surface area contributed by atoms with Crippen molar-refractivity contribution in [2.24, 2.45) is 0 Å². The fourth-order valence-corrected chi connectivity index (χ4v) is 2.93. The van der Waals surface area contributed by atoms with Crippen LogP contribution in [0.4, 0.5) is 5.69 Å². The van der Waals surface area contributed by atoms with Crippen LogP contribution in [0.1, 0.15) is 20.9 Å². The Balaban J connectivity index is 2.53. The number of nitrogens with zero attached hydrogens (tertiary/aromatic N) is 1. The first kappa shape index (κ1) is 12.6. The number of hydrogen-bond acceptors (Lipinski definition) is 5. The molecule has 5 heteroatoms. The number of nitrogen functional groups attached to an aromatic ring is 1. The Hall–Kier alpha value is -1.88. The van der Waals surface area contributed by atoms with E-state index in [0.717, 1.165) is 21.5 Å². The molecule has 2 N–H and O–H groups in total. The van der Waals surface area contributed by atoms with Gasteiger partial charge in [0.1, 0.15) is 16.3 Å². The molecule has 0 spiro atoms. The van der Waals surface area contributed by atoms with E-state index in [0.29, 0.717) is 10.6 Å². The van der Waals surface area contributed by atoms with E-state index in [2.05, 4.69) is 11.6 Å². The minimum atomic E-state index is -0.424. The van der Waals surface area contributed by atoms with Crippen molar-refractivity contribution in [1.29, 1.82) is 0 Å². The summed E-state index contributed by atoms with van der Waals surface area (Å²) < 4.78 is 5.00. The van der Waals surface area contributed by atoms with Crippen LogP contribution in [0.25, 0.3) is 10.2 Å². The van der Waals surface area contributed by atoms with E-state index in [1.807, 2.05) is 19.9 Å². The summed E-state index contributed by atoms with van der Waals surface area (Å²) in [6, 6.07) is 1.95. The molecule has 0 amide bonds. The number of carbonyl (C=O) groups excluding carboxylic acids is 1. The number of fused-ring (bicyclic) bond motifs is 1. The number of ether oxygens (including phenoxy) is 1. The molecule has 0 aliphatic rings. The molecule has 0 aromatic carbocycles. The van der Waals surface area contributed by atoms with Gasteiger partial charge >= 0.3 is 5.97 Å². The summed E-state index contributed by atoms with van der Waals surface area (Å²) in [4.78, 5) is 17.4. The predicted molar refractivity (Wildman–Crippen MR) is 74.0 cm³/mol. The number of anilines is 1. The second-order valence-corrected chi connectivity index (χ2v) is 4.99. The van der Waals surface area contributed by atoms with Crippen molar-refractivity contribution in [2.45, 2.75) is 13.8 Å². The van der Waals surface area contributed by atoms with Crippen LogP contribution < -0.4 is 5.73 Å². The molecule has 0 aliphatic carbocycles. The summed E-state index contributed by atoms with van der Waals surface area (Å²) in [6.45, 7) is 7.55. The SMILES string of the molecule is C=CCOC(=O)c1sc2nc(C)cc(C)c2c1N. The number of aromatic nitrogens is 1. The third-order valence-electron chi connectivity index (χ3n) is 2.54. The molecule has 18 heavy (non-hydrogen) atoms. The molecule has 0 bridgehead atoms. The van der Waals surface area contributed by atoms with Gasteiger partial charge in [-0.1, -0.05) is 12.7 Å². The smallest absolute Gasteiger partial charge is 0.350 e. The van der Waals surface area contributed by atoms with Gasteiger partial charge in [-0.25, -0.2) is 9.78 Å². The second-order valence-electron chi connectivity index (χ2n) is 3.99. The van der Waals surface area contributed by atoms with Crippen LogP contribution >= 0.6 is 11.3 Å². The highest BCUT2D eigenvalue weighted by atomic mass is 32.1. The van der Waals surface area contributed by atoms with Crippen LogP contribution in [0.15, 0.2) is 18.7 Å². The molecule has 0 saturated heterocycles. The zero-order valence-electron chi connectivity index (χ0n) is 10.3. The Morgan fingerprint density at radius 3 is 3.00 bits per heavy atom. The van der Waals surface area contributed by atoms with Gasteiger partial charge in [-0.2, -0.15) is 0 Å². The van der Waals surface area contributed by atoms with Crippen molar-refractivity contribution in [2.75, 3.05) is 12.3 Å². The number of pyridine rings is 1. The lowest BCUT2D eigenvalue weighted by Gasteiger charge is -2.01. The number of nitrogens with two attached hydrogens (primary N) is 1. The van der Waals surface area contributed by atoms with Crippen LogP contribution in [0, 0.1) is 13.8 Å². The summed E-state index contributed by atoms with van der Waals surface area (Å²) in [5.41, 5.74) is 8.39. The lowest BCUT2D eigenvalue weighted by atomic mass is 10.1. The van der Waals surface area contributed by atoms with Gasteiger partial charge in [-0.15, -0.1) is 11.3 Å². The zero-order chi connectivity index (χ0) is 13.3. The van der Waals surface area contributed by atoms with E-state index >= 15 is 0 Å². The Kier molecular flexibility index (Phi) is 3.34. The van der Waals surface area contributed by atoms with Gasteiger partial charge in [0, 0.05) is 11.1 Å². The molecule has 0 radical (unpaired) electrons. The molecule has 0 aliphatic heterocycles. The van der Waals surface area contributed by atoms with E-state index in [4.69, 9.17) is 10.5 Å². The summed E-state index contributed by atoms with van der Waals surface area (Å²) >= 11 is 1.27. The molecule has 0 fully saturated rings. The zero-order valence-corrected chi connectivity index (χ0v) is 11.1. The Labute approximate surface area is 109 Å². The minimum Gasteiger partial charge on any atom is -0.457 e. The Morgan fingerprint density at radius 1 is 1.61 bits per heavy atom. The predicted octanol–water partition coefficient (Wildman–Crippen LogP) is 2.84. The largest absolute Gasteiger partial charge is 0.457 e. The highest BCUT2D eigenvalue weighted by Gasteiger charge is 2.19. The number of carbonyl (C=O) groups is 1. The number of hydrogen-bond donors (Lipinski definition) is 1. The molecular formula is C13H14N2O2S. The standard InChI is InChI=1S/C13H14N2O2S/c1-4-5-17-13(16)11-10(14)9-7(2)6-8(3)15-12(9)18-11/h4,6H,1,5,14H2,2-3H3. The number of esters is 1. The fourth-order valence-electron chi connectivity index (χ4n) is 1.82. The first-order chi connectivity index (χ1) is 8.54. The van der Waals surface area contributed by atoms with Gasteiger partial charge in [0.25, 0.3) is 0 Å². The quantitative estimate of drug-likeness (QED) is 0.682. The fraction of sp³-hybridized carbons (Fsp3) is 0.231. The van der Waals surface area contributed by atoms with Crippen LogP contribution in [-0.4, -0.2) is 17.6 Å². The van der Waals surface area contributed by atoms with Crippen LogP contribution in [-0.2, 0) is 4.74 Å². The third kappa shape index (κ3) is 2.09. The summed E-state index contributed by atoms with van der Waals surface area (Å²) in [5.74, 6) is -0.424. The van der Waals surface area contributed by atoms with Crippen molar-refractivity contribution in [3.63, 3.8) is 0 Å².